The average Bonchev–Trinajstić information content (AvgIpc) is 2.38. The summed E-state index contributed by atoms with van der Waals surface area (Å²) < 4.78 is 0. The first-order valence-corrected chi connectivity index (χ1v) is 6.51. The number of nitrogens with zero attached hydrogens (tertiary/aromatic N) is 1. The molecular formula is C15H19N3O. The molecule has 1 aromatic heterocycles. The van der Waals surface area contributed by atoms with E-state index in [1.165, 1.54) is 11.6 Å². The van der Waals surface area contributed by atoms with Crippen LogP contribution in [0.15, 0.2) is 35.1 Å². The molecule has 1 aromatic carbocycles. The van der Waals surface area contributed by atoms with E-state index in [9.17, 15) is 4.79 Å². The SMILES string of the molecule is CC(C)c1ccc(-c2nc(CCN)cc(=O)[nH]2)cc1. The summed E-state index contributed by atoms with van der Waals surface area (Å²) in [5, 5.41) is 0. The molecule has 0 radical (unpaired) electrons. The second kappa shape index (κ2) is 5.80. The number of benzene rings is 1. The second-order valence-corrected chi connectivity index (χ2v) is 4.90. The standard InChI is InChI=1S/C15H19N3O/c1-10(2)11-3-5-12(6-4-11)15-17-13(7-8-16)9-14(19)18-15/h3-6,9-10H,7-8,16H2,1-2H3,(H,17,18,19). The minimum absolute atomic E-state index is 0.138. The van der Waals surface area contributed by atoms with Crippen molar-refractivity contribution >= 4 is 0 Å². The van der Waals surface area contributed by atoms with Crippen LogP contribution in [0.2, 0.25) is 0 Å². The van der Waals surface area contributed by atoms with Crippen molar-refractivity contribution in [2.45, 2.75) is 26.2 Å². The van der Waals surface area contributed by atoms with Crippen LogP contribution in [0.5, 0.6) is 0 Å². The molecule has 0 bridgehead atoms. The Morgan fingerprint density at radius 3 is 2.53 bits per heavy atom. The highest BCUT2D eigenvalue weighted by atomic mass is 16.1. The van der Waals surface area contributed by atoms with Crippen LogP contribution in [0, 0.1) is 0 Å². The minimum atomic E-state index is -0.138. The van der Waals surface area contributed by atoms with Crippen LogP contribution in [-0.2, 0) is 6.42 Å². The van der Waals surface area contributed by atoms with Gasteiger partial charge in [0.05, 0.1) is 0 Å². The highest BCUT2D eigenvalue weighted by Crippen LogP contribution is 2.19. The molecule has 2 aromatic rings. The fraction of sp³-hybridized carbons (Fsp3) is 0.333. The Morgan fingerprint density at radius 1 is 1.26 bits per heavy atom. The summed E-state index contributed by atoms with van der Waals surface area (Å²) in [6.45, 7) is 4.79. The molecule has 0 atom stereocenters. The molecule has 100 valence electrons. The molecule has 4 heteroatoms. The summed E-state index contributed by atoms with van der Waals surface area (Å²) in [5.74, 6) is 1.09. The fourth-order valence-electron chi connectivity index (χ4n) is 1.95. The van der Waals surface area contributed by atoms with Gasteiger partial charge in [-0.1, -0.05) is 38.1 Å². The van der Waals surface area contributed by atoms with Gasteiger partial charge < -0.3 is 10.7 Å². The molecule has 0 amide bonds. The van der Waals surface area contributed by atoms with E-state index < -0.39 is 0 Å². The Kier molecular flexibility index (Phi) is 4.12. The van der Waals surface area contributed by atoms with Crippen LogP contribution in [0.3, 0.4) is 0 Å². The monoisotopic (exact) mass is 257 g/mol. The van der Waals surface area contributed by atoms with Crippen LogP contribution in [0.1, 0.15) is 31.0 Å². The van der Waals surface area contributed by atoms with Crippen LogP contribution in [0.25, 0.3) is 11.4 Å². The van der Waals surface area contributed by atoms with Gasteiger partial charge in [-0.25, -0.2) is 4.98 Å². The lowest BCUT2D eigenvalue weighted by atomic mass is 10.0. The number of rotatable bonds is 4. The number of nitrogens with two attached hydrogens (primary N) is 1. The van der Waals surface area contributed by atoms with Crippen molar-refractivity contribution in [1.82, 2.24) is 9.97 Å². The first-order valence-electron chi connectivity index (χ1n) is 6.51. The Bertz CT molecular complexity index is 600. The van der Waals surface area contributed by atoms with E-state index >= 15 is 0 Å². The molecule has 1 heterocycles. The first kappa shape index (κ1) is 13.5. The van der Waals surface area contributed by atoms with Gasteiger partial charge in [-0.2, -0.15) is 0 Å². The Labute approximate surface area is 112 Å². The third kappa shape index (κ3) is 3.29. The molecule has 0 aliphatic carbocycles. The summed E-state index contributed by atoms with van der Waals surface area (Å²) in [6, 6.07) is 9.60. The quantitative estimate of drug-likeness (QED) is 0.880. The highest BCUT2D eigenvalue weighted by molar-refractivity contribution is 5.55. The normalized spacial score (nSPS) is 10.9. The van der Waals surface area contributed by atoms with Gasteiger partial charge >= 0.3 is 0 Å². The minimum Gasteiger partial charge on any atom is -0.330 e. The Morgan fingerprint density at radius 2 is 1.95 bits per heavy atom. The van der Waals surface area contributed by atoms with Crippen LogP contribution in [0.4, 0.5) is 0 Å². The van der Waals surface area contributed by atoms with Gasteiger partial charge in [-0.3, -0.25) is 4.79 Å². The maximum Gasteiger partial charge on any atom is 0.251 e. The molecule has 0 aliphatic rings. The van der Waals surface area contributed by atoms with E-state index in [1.54, 1.807) is 0 Å². The van der Waals surface area contributed by atoms with Crippen molar-refractivity contribution in [1.29, 1.82) is 0 Å². The lowest BCUT2D eigenvalue weighted by Gasteiger charge is -2.07. The predicted octanol–water partition coefficient (Wildman–Crippen LogP) is 2.06. The zero-order valence-corrected chi connectivity index (χ0v) is 11.3. The number of hydrogen-bond donors (Lipinski definition) is 2. The van der Waals surface area contributed by atoms with E-state index in [2.05, 4.69) is 35.9 Å². The molecule has 0 saturated heterocycles. The fourth-order valence-corrected chi connectivity index (χ4v) is 1.95. The molecule has 19 heavy (non-hydrogen) atoms. The first-order chi connectivity index (χ1) is 9.10. The number of nitrogens with one attached hydrogen (secondary N) is 1. The van der Waals surface area contributed by atoms with Gasteiger partial charge in [0.15, 0.2) is 0 Å². The Hall–Kier alpha value is -1.94. The molecule has 2 rings (SSSR count). The zero-order valence-electron chi connectivity index (χ0n) is 11.3. The zero-order chi connectivity index (χ0) is 13.8. The number of H-pyrrole nitrogens is 1. The molecule has 0 aliphatic heterocycles. The van der Waals surface area contributed by atoms with Crippen molar-refractivity contribution in [3.05, 3.63) is 51.9 Å². The lowest BCUT2D eigenvalue weighted by Crippen LogP contribution is -2.13. The summed E-state index contributed by atoms with van der Waals surface area (Å²) >= 11 is 0. The third-order valence-electron chi connectivity index (χ3n) is 3.05. The van der Waals surface area contributed by atoms with Gasteiger partial charge in [0.1, 0.15) is 5.82 Å². The molecule has 0 spiro atoms. The number of hydrogen-bond acceptors (Lipinski definition) is 3. The topological polar surface area (TPSA) is 71.8 Å². The van der Waals surface area contributed by atoms with E-state index in [-0.39, 0.29) is 5.56 Å². The van der Waals surface area contributed by atoms with Gasteiger partial charge in [0.25, 0.3) is 5.56 Å². The molecule has 0 fully saturated rings. The molecule has 4 nitrogen and oxygen atoms in total. The highest BCUT2D eigenvalue weighted by Gasteiger charge is 2.05. The average molecular weight is 257 g/mol. The van der Waals surface area contributed by atoms with E-state index in [1.807, 2.05) is 12.1 Å². The van der Waals surface area contributed by atoms with Crippen molar-refractivity contribution < 1.29 is 0 Å². The maximum atomic E-state index is 11.6. The largest absolute Gasteiger partial charge is 0.330 e. The lowest BCUT2D eigenvalue weighted by molar-refractivity contribution is 0.866. The summed E-state index contributed by atoms with van der Waals surface area (Å²) in [5.41, 5.74) is 8.28. The van der Waals surface area contributed by atoms with Crippen LogP contribution >= 0.6 is 0 Å². The van der Waals surface area contributed by atoms with E-state index in [0.717, 1.165) is 11.3 Å². The molecule has 0 unspecified atom stereocenters. The Balaban J connectivity index is 2.38. The smallest absolute Gasteiger partial charge is 0.251 e. The van der Waals surface area contributed by atoms with Crippen molar-refractivity contribution in [3.63, 3.8) is 0 Å². The van der Waals surface area contributed by atoms with E-state index in [4.69, 9.17) is 5.73 Å². The van der Waals surface area contributed by atoms with Gasteiger partial charge in [-0.05, 0) is 18.0 Å². The molecular weight excluding hydrogens is 238 g/mol. The second-order valence-electron chi connectivity index (χ2n) is 4.90. The summed E-state index contributed by atoms with van der Waals surface area (Å²) in [4.78, 5) is 18.8. The van der Waals surface area contributed by atoms with E-state index in [0.29, 0.717) is 24.7 Å². The maximum absolute atomic E-state index is 11.6. The van der Waals surface area contributed by atoms with Gasteiger partial charge in [0.2, 0.25) is 0 Å². The predicted molar refractivity (Wildman–Crippen MR) is 77.1 cm³/mol. The summed E-state index contributed by atoms with van der Waals surface area (Å²) in [7, 11) is 0. The van der Waals surface area contributed by atoms with Gasteiger partial charge in [0, 0.05) is 23.7 Å². The van der Waals surface area contributed by atoms with Crippen LogP contribution < -0.4 is 11.3 Å². The number of aromatic amines is 1. The summed E-state index contributed by atoms with van der Waals surface area (Å²) in [6.07, 6.45) is 0.612. The van der Waals surface area contributed by atoms with Crippen LogP contribution in [-0.4, -0.2) is 16.5 Å². The number of aromatic nitrogens is 2. The van der Waals surface area contributed by atoms with Crippen molar-refractivity contribution in [2.24, 2.45) is 5.73 Å². The third-order valence-corrected chi connectivity index (χ3v) is 3.05. The van der Waals surface area contributed by atoms with Crippen molar-refractivity contribution in [2.75, 3.05) is 6.54 Å². The molecule has 3 N–H and O–H groups in total. The van der Waals surface area contributed by atoms with Gasteiger partial charge in [-0.15, -0.1) is 0 Å². The molecule has 0 saturated carbocycles. The van der Waals surface area contributed by atoms with Crippen molar-refractivity contribution in [3.8, 4) is 11.4 Å².